The molecule has 0 saturated heterocycles. The number of carbonyl (C=O) groups excluding carboxylic acids is 1. The highest BCUT2D eigenvalue weighted by molar-refractivity contribution is 8.00. The van der Waals surface area contributed by atoms with Crippen LogP contribution in [0.2, 0.25) is 0 Å². The summed E-state index contributed by atoms with van der Waals surface area (Å²) in [6.07, 6.45) is 0. The topological polar surface area (TPSA) is 56.1 Å². The molecule has 1 aromatic heterocycles. The van der Waals surface area contributed by atoms with E-state index >= 15 is 0 Å². The Morgan fingerprint density at radius 1 is 1.30 bits per heavy atom. The van der Waals surface area contributed by atoms with Crippen molar-refractivity contribution < 1.29 is 18.3 Å². The van der Waals surface area contributed by atoms with Gasteiger partial charge < -0.3 is 14.6 Å². The van der Waals surface area contributed by atoms with Gasteiger partial charge in [-0.2, -0.15) is 0 Å². The second-order valence-electron chi connectivity index (χ2n) is 5.90. The van der Waals surface area contributed by atoms with Crippen LogP contribution in [-0.2, 0) is 16.1 Å². The molecule has 0 spiro atoms. The van der Waals surface area contributed by atoms with Gasteiger partial charge in [0.25, 0.3) is 0 Å². The highest BCUT2D eigenvalue weighted by atomic mass is 32.2. The number of imidazole rings is 1. The van der Waals surface area contributed by atoms with Crippen LogP contribution in [0.25, 0.3) is 11.0 Å². The Morgan fingerprint density at radius 3 is 2.85 bits per heavy atom. The van der Waals surface area contributed by atoms with Gasteiger partial charge in [0.2, 0.25) is 5.91 Å². The summed E-state index contributed by atoms with van der Waals surface area (Å²) < 4.78 is 34.2. The average Bonchev–Trinajstić information content (AvgIpc) is 3.00. The van der Waals surface area contributed by atoms with Gasteiger partial charge in [-0.15, -0.1) is 0 Å². The molecule has 3 rings (SSSR count). The van der Waals surface area contributed by atoms with Gasteiger partial charge in [0, 0.05) is 19.7 Å². The lowest BCUT2D eigenvalue weighted by Crippen LogP contribution is -2.23. The first kappa shape index (κ1) is 19.3. The molecule has 1 unspecified atom stereocenters. The second kappa shape index (κ2) is 8.49. The molecule has 1 amide bonds. The number of rotatable bonds is 7. The lowest BCUT2D eigenvalue weighted by atomic mass is 10.3. The van der Waals surface area contributed by atoms with E-state index in [2.05, 4.69) is 10.3 Å². The first-order chi connectivity index (χ1) is 13.0. The summed E-state index contributed by atoms with van der Waals surface area (Å²) in [5.41, 5.74) is 1.58. The van der Waals surface area contributed by atoms with E-state index in [4.69, 9.17) is 4.74 Å². The third kappa shape index (κ3) is 4.45. The quantitative estimate of drug-likeness (QED) is 0.617. The zero-order valence-corrected chi connectivity index (χ0v) is 15.7. The Bertz CT molecular complexity index is 961. The van der Waals surface area contributed by atoms with Crippen LogP contribution in [0.3, 0.4) is 0 Å². The van der Waals surface area contributed by atoms with Gasteiger partial charge in [-0.25, -0.2) is 13.8 Å². The van der Waals surface area contributed by atoms with Crippen LogP contribution in [0.4, 0.5) is 14.5 Å². The number of benzene rings is 2. The molecule has 0 bridgehead atoms. The Hall–Kier alpha value is -2.45. The largest absolute Gasteiger partial charge is 0.383 e. The lowest BCUT2D eigenvalue weighted by molar-refractivity contribution is -0.115. The number of halogens is 2. The zero-order valence-electron chi connectivity index (χ0n) is 14.9. The van der Waals surface area contributed by atoms with Crippen molar-refractivity contribution in [3.63, 3.8) is 0 Å². The number of hydrogen-bond donors (Lipinski definition) is 1. The summed E-state index contributed by atoms with van der Waals surface area (Å²) in [4.78, 5) is 17.0. The van der Waals surface area contributed by atoms with E-state index in [9.17, 15) is 13.6 Å². The predicted octanol–water partition coefficient (Wildman–Crippen LogP) is 4.08. The highest BCUT2D eigenvalue weighted by Gasteiger charge is 2.20. The Labute approximate surface area is 159 Å². The molecule has 0 aliphatic carbocycles. The fourth-order valence-corrected chi connectivity index (χ4v) is 3.53. The number of nitrogens with one attached hydrogen (secondary N) is 1. The number of para-hydroxylation sites is 2. The summed E-state index contributed by atoms with van der Waals surface area (Å²) >= 11 is 1.25. The Kier molecular flexibility index (Phi) is 6.08. The van der Waals surface area contributed by atoms with Crippen molar-refractivity contribution in [1.82, 2.24) is 9.55 Å². The number of methoxy groups -OCH3 is 1. The predicted molar refractivity (Wildman–Crippen MR) is 102 cm³/mol. The zero-order chi connectivity index (χ0) is 19.4. The molecular formula is C19H19F2N3O2S. The van der Waals surface area contributed by atoms with Crippen LogP contribution in [-0.4, -0.2) is 34.4 Å². The fraction of sp³-hybridized carbons (Fsp3) is 0.263. The summed E-state index contributed by atoms with van der Waals surface area (Å²) in [7, 11) is 1.62. The van der Waals surface area contributed by atoms with Crippen molar-refractivity contribution in [2.45, 2.75) is 23.9 Å². The molecule has 0 radical (unpaired) electrons. The molecule has 0 aliphatic rings. The van der Waals surface area contributed by atoms with Crippen molar-refractivity contribution in [2.24, 2.45) is 0 Å². The lowest BCUT2D eigenvalue weighted by Gasteiger charge is -2.14. The van der Waals surface area contributed by atoms with Crippen molar-refractivity contribution in [3.05, 3.63) is 54.1 Å². The molecule has 0 fully saturated rings. The Balaban J connectivity index is 1.79. The van der Waals surface area contributed by atoms with E-state index in [0.29, 0.717) is 18.3 Å². The molecule has 1 atom stereocenters. The van der Waals surface area contributed by atoms with Crippen molar-refractivity contribution in [2.75, 3.05) is 19.0 Å². The molecule has 0 aliphatic heterocycles. The maximum absolute atomic E-state index is 13.7. The first-order valence-electron chi connectivity index (χ1n) is 8.36. The van der Waals surface area contributed by atoms with Crippen LogP contribution < -0.4 is 5.32 Å². The second-order valence-corrected chi connectivity index (χ2v) is 7.21. The maximum Gasteiger partial charge on any atom is 0.237 e. The van der Waals surface area contributed by atoms with E-state index in [1.165, 1.54) is 11.8 Å². The summed E-state index contributed by atoms with van der Waals surface area (Å²) in [6, 6.07) is 10.6. The molecule has 5 nitrogen and oxygen atoms in total. The Morgan fingerprint density at radius 2 is 2.07 bits per heavy atom. The number of carbonyl (C=O) groups is 1. The van der Waals surface area contributed by atoms with Crippen molar-refractivity contribution >= 4 is 34.4 Å². The monoisotopic (exact) mass is 391 g/mol. The highest BCUT2D eigenvalue weighted by Crippen LogP contribution is 2.28. The van der Waals surface area contributed by atoms with Gasteiger partial charge in [0.15, 0.2) is 5.16 Å². The van der Waals surface area contributed by atoms with E-state index in [1.807, 2.05) is 28.8 Å². The van der Waals surface area contributed by atoms with Crippen LogP contribution in [0.15, 0.2) is 47.6 Å². The minimum absolute atomic E-state index is 0.180. The SMILES string of the molecule is COCCn1c(SC(C)C(=O)Nc2cc(F)ccc2F)nc2ccccc21. The fourth-order valence-electron chi connectivity index (χ4n) is 2.58. The van der Waals surface area contributed by atoms with E-state index in [0.717, 1.165) is 29.2 Å². The van der Waals surface area contributed by atoms with Crippen LogP contribution in [0, 0.1) is 11.6 Å². The van der Waals surface area contributed by atoms with Gasteiger partial charge in [-0.3, -0.25) is 4.79 Å². The van der Waals surface area contributed by atoms with Gasteiger partial charge in [-0.1, -0.05) is 23.9 Å². The van der Waals surface area contributed by atoms with Gasteiger partial charge in [0.05, 0.1) is 28.6 Å². The molecular weight excluding hydrogens is 372 g/mol. The molecule has 8 heteroatoms. The van der Waals surface area contributed by atoms with Gasteiger partial charge in [0.1, 0.15) is 11.6 Å². The van der Waals surface area contributed by atoms with Crippen molar-refractivity contribution in [3.8, 4) is 0 Å². The molecule has 0 saturated carbocycles. The van der Waals surface area contributed by atoms with Crippen molar-refractivity contribution in [1.29, 1.82) is 0 Å². The molecule has 142 valence electrons. The number of fused-ring (bicyclic) bond motifs is 1. The summed E-state index contributed by atoms with van der Waals surface area (Å²) in [5.74, 6) is -1.74. The smallest absolute Gasteiger partial charge is 0.237 e. The number of amides is 1. The molecule has 1 N–H and O–H groups in total. The molecule has 3 aromatic rings. The molecule has 2 aromatic carbocycles. The van der Waals surface area contributed by atoms with Crippen LogP contribution in [0.1, 0.15) is 6.92 Å². The number of ether oxygens (including phenoxy) is 1. The van der Waals surface area contributed by atoms with E-state index in [1.54, 1.807) is 14.0 Å². The van der Waals surface area contributed by atoms with Gasteiger partial charge >= 0.3 is 0 Å². The number of hydrogen-bond acceptors (Lipinski definition) is 4. The first-order valence-corrected chi connectivity index (χ1v) is 9.24. The third-order valence-corrected chi connectivity index (χ3v) is 5.07. The van der Waals surface area contributed by atoms with E-state index < -0.39 is 22.8 Å². The standard InChI is InChI=1S/C19H19F2N3O2S/c1-12(18(25)22-16-11-13(20)7-8-14(16)21)27-19-23-15-5-3-4-6-17(15)24(19)9-10-26-2/h3-8,11-12H,9-10H2,1-2H3,(H,22,25). The number of aromatic nitrogens is 2. The summed E-state index contributed by atoms with van der Waals surface area (Å²) in [6.45, 7) is 2.78. The molecule has 27 heavy (non-hydrogen) atoms. The number of anilines is 1. The normalized spacial score (nSPS) is 12.3. The minimum atomic E-state index is -0.686. The number of thioether (sulfide) groups is 1. The minimum Gasteiger partial charge on any atom is -0.383 e. The van der Waals surface area contributed by atoms with E-state index in [-0.39, 0.29) is 5.69 Å². The molecule has 1 heterocycles. The number of nitrogens with zero attached hydrogens (tertiary/aromatic N) is 2. The maximum atomic E-state index is 13.7. The third-order valence-electron chi connectivity index (χ3n) is 3.98. The van der Waals surface area contributed by atoms with Crippen LogP contribution >= 0.6 is 11.8 Å². The van der Waals surface area contributed by atoms with Crippen LogP contribution in [0.5, 0.6) is 0 Å². The average molecular weight is 391 g/mol. The summed E-state index contributed by atoms with van der Waals surface area (Å²) in [5, 5.41) is 2.53. The van der Waals surface area contributed by atoms with Gasteiger partial charge in [-0.05, 0) is 31.2 Å².